The second kappa shape index (κ2) is 8.98. The normalized spacial score (nSPS) is 25.4. The molecule has 3 atom stereocenters. The van der Waals surface area contributed by atoms with Gasteiger partial charge >= 0.3 is 0 Å². The highest BCUT2D eigenvalue weighted by atomic mass is 79.9. The number of ketones is 1. The van der Waals surface area contributed by atoms with E-state index in [0.29, 0.717) is 18.5 Å². The third kappa shape index (κ3) is 4.39. The number of halogens is 3. The average Bonchev–Trinajstić information content (AvgIpc) is 2.62. The van der Waals surface area contributed by atoms with Crippen molar-refractivity contribution in [3.05, 3.63) is 68.6 Å². The van der Waals surface area contributed by atoms with Crippen LogP contribution in [0.1, 0.15) is 29.3 Å². The van der Waals surface area contributed by atoms with Gasteiger partial charge in [0, 0.05) is 20.9 Å². The van der Waals surface area contributed by atoms with E-state index in [2.05, 4.69) is 38.8 Å². The largest absolute Gasteiger partial charge is 1.00 e. The first kappa shape index (κ1) is 21.6. The summed E-state index contributed by atoms with van der Waals surface area (Å²) in [5, 5.41) is 11.5. The van der Waals surface area contributed by atoms with E-state index >= 15 is 0 Å². The SMILES string of the molecule is CC[NH+]1CC[C@@](O)(c2ccc(Br)cc2)[C@H](C(=O)c2ccc(Br)cc2)C1.[Cl-]. The number of hydrogen-bond donors (Lipinski definition) is 2. The molecule has 1 saturated heterocycles. The van der Waals surface area contributed by atoms with E-state index in [1.165, 1.54) is 4.90 Å². The summed E-state index contributed by atoms with van der Waals surface area (Å²) in [6.45, 7) is 4.60. The van der Waals surface area contributed by atoms with Crippen LogP contribution in [0.5, 0.6) is 0 Å². The van der Waals surface area contributed by atoms with Crippen molar-refractivity contribution in [2.45, 2.75) is 18.9 Å². The summed E-state index contributed by atoms with van der Waals surface area (Å²) in [6, 6.07) is 15.1. The van der Waals surface area contributed by atoms with Crippen molar-refractivity contribution in [2.75, 3.05) is 19.6 Å². The summed E-state index contributed by atoms with van der Waals surface area (Å²) >= 11 is 6.85. The highest BCUT2D eigenvalue weighted by Crippen LogP contribution is 2.36. The third-order valence-electron chi connectivity index (χ3n) is 5.22. The maximum absolute atomic E-state index is 13.2. The minimum atomic E-state index is -1.12. The molecular formula is C20H22Br2ClNO2. The molecule has 0 saturated carbocycles. The molecule has 0 amide bonds. The van der Waals surface area contributed by atoms with Gasteiger partial charge in [-0.2, -0.15) is 0 Å². The highest BCUT2D eigenvalue weighted by molar-refractivity contribution is 9.10. The Kier molecular flexibility index (Phi) is 7.45. The lowest BCUT2D eigenvalue weighted by molar-refractivity contribution is -0.908. The Balaban J connectivity index is 0.00000243. The number of hydrogen-bond acceptors (Lipinski definition) is 2. The van der Waals surface area contributed by atoms with Crippen LogP contribution in [0.3, 0.4) is 0 Å². The van der Waals surface area contributed by atoms with Crippen molar-refractivity contribution in [1.82, 2.24) is 0 Å². The lowest BCUT2D eigenvalue weighted by Crippen LogP contribution is -3.14. The minimum Gasteiger partial charge on any atom is -1.00 e. The van der Waals surface area contributed by atoms with E-state index in [0.717, 1.165) is 27.6 Å². The summed E-state index contributed by atoms with van der Waals surface area (Å²) < 4.78 is 1.91. The molecule has 2 N–H and O–H groups in total. The molecule has 0 aromatic heterocycles. The van der Waals surface area contributed by atoms with Crippen molar-refractivity contribution in [2.24, 2.45) is 5.92 Å². The lowest BCUT2D eigenvalue weighted by atomic mass is 9.72. The van der Waals surface area contributed by atoms with E-state index in [9.17, 15) is 9.90 Å². The van der Waals surface area contributed by atoms with Crippen LogP contribution in [-0.4, -0.2) is 30.5 Å². The minimum absolute atomic E-state index is 0. The number of piperidine rings is 1. The highest BCUT2D eigenvalue weighted by Gasteiger charge is 2.48. The zero-order valence-electron chi connectivity index (χ0n) is 14.5. The first-order valence-corrected chi connectivity index (χ1v) is 10.1. The molecule has 3 nitrogen and oxygen atoms in total. The summed E-state index contributed by atoms with van der Waals surface area (Å²) in [6.07, 6.45) is 0.588. The van der Waals surface area contributed by atoms with Crippen molar-refractivity contribution in [1.29, 1.82) is 0 Å². The average molecular weight is 504 g/mol. The molecule has 3 rings (SSSR count). The van der Waals surface area contributed by atoms with E-state index in [1.54, 1.807) is 0 Å². The number of benzene rings is 2. The maximum Gasteiger partial charge on any atom is 0.174 e. The zero-order valence-corrected chi connectivity index (χ0v) is 18.4. The van der Waals surface area contributed by atoms with Crippen LogP contribution in [0.2, 0.25) is 0 Å². The topological polar surface area (TPSA) is 41.7 Å². The molecule has 1 heterocycles. The van der Waals surface area contributed by atoms with Crippen molar-refractivity contribution in [3.8, 4) is 0 Å². The number of likely N-dealkylation sites (tertiary alicyclic amines) is 1. The monoisotopic (exact) mass is 501 g/mol. The molecule has 0 aliphatic carbocycles. The zero-order chi connectivity index (χ0) is 18.0. The molecule has 1 fully saturated rings. The molecule has 6 heteroatoms. The molecule has 1 unspecified atom stereocenters. The van der Waals surface area contributed by atoms with Crippen LogP contribution in [0.15, 0.2) is 57.5 Å². The van der Waals surface area contributed by atoms with Crippen LogP contribution in [0, 0.1) is 5.92 Å². The number of rotatable bonds is 4. The maximum atomic E-state index is 13.2. The van der Waals surface area contributed by atoms with Gasteiger partial charge in [-0.25, -0.2) is 0 Å². The fraction of sp³-hybridized carbons (Fsp3) is 0.350. The Morgan fingerprint density at radius 3 is 2.19 bits per heavy atom. The lowest BCUT2D eigenvalue weighted by Gasteiger charge is -2.42. The molecule has 0 spiro atoms. The molecule has 140 valence electrons. The second-order valence-corrected chi connectivity index (χ2v) is 8.49. The van der Waals surface area contributed by atoms with E-state index in [1.807, 2.05) is 48.5 Å². The fourth-order valence-corrected chi connectivity index (χ4v) is 4.16. The van der Waals surface area contributed by atoms with Crippen LogP contribution in [0.25, 0.3) is 0 Å². The number of carbonyl (C=O) groups is 1. The fourth-order valence-electron chi connectivity index (χ4n) is 3.63. The summed E-state index contributed by atoms with van der Waals surface area (Å²) in [5.74, 6) is -0.429. The van der Waals surface area contributed by atoms with Gasteiger partial charge in [-0.1, -0.05) is 56.1 Å². The Labute approximate surface area is 177 Å². The molecule has 26 heavy (non-hydrogen) atoms. The molecule has 1 aliphatic rings. The van der Waals surface area contributed by atoms with Gasteiger partial charge in [0.15, 0.2) is 5.78 Å². The van der Waals surface area contributed by atoms with Crippen LogP contribution < -0.4 is 17.3 Å². The number of quaternary nitrogens is 1. The molecular weight excluding hydrogens is 481 g/mol. The standard InChI is InChI=1S/C20H21Br2NO2.ClH/c1-2-23-12-11-20(25,15-5-9-17(22)10-6-15)18(13-23)19(24)14-3-7-16(21)8-4-14;/h3-10,18,25H,2,11-13H2,1H3;1H/t18-,20+;/m0./s1. The first-order valence-electron chi connectivity index (χ1n) is 8.56. The van der Waals surface area contributed by atoms with Gasteiger partial charge in [0.2, 0.25) is 0 Å². The van der Waals surface area contributed by atoms with Crippen molar-refractivity contribution < 1.29 is 27.2 Å². The van der Waals surface area contributed by atoms with E-state index in [4.69, 9.17) is 0 Å². The number of Topliss-reactive ketones (excluding diaryl/α,β-unsaturated/α-hetero) is 1. The van der Waals surface area contributed by atoms with Gasteiger partial charge in [0.25, 0.3) is 0 Å². The second-order valence-electron chi connectivity index (χ2n) is 6.66. The van der Waals surface area contributed by atoms with Crippen LogP contribution in [0.4, 0.5) is 0 Å². The number of aliphatic hydroxyl groups is 1. The molecule has 0 bridgehead atoms. The van der Waals surface area contributed by atoms with Gasteiger partial charge in [0.1, 0.15) is 11.5 Å². The Morgan fingerprint density at radius 2 is 1.65 bits per heavy atom. The predicted octanol–water partition coefficient (Wildman–Crippen LogP) is 0.211. The quantitative estimate of drug-likeness (QED) is 0.586. The Morgan fingerprint density at radius 1 is 1.12 bits per heavy atom. The van der Waals surface area contributed by atoms with Gasteiger partial charge < -0.3 is 22.4 Å². The van der Waals surface area contributed by atoms with Crippen LogP contribution in [-0.2, 0) is 5.60 Å². The van der Waals surface area contributed by atoms with E-state index in [-0.39, 0.29) is 18.2 Å². The Hall–Kier alpha value is -0.720. The summed E-state index contributed by atoms with van der Waals surface area (Å²) in [5.41, 5.74) is 0.353. The first-order chi connectivity index (χ1) is 11.9. The van der Waals surface area contributed by atoms with E-state index < -0.39 is 11.5 Å². The smallest absolute Gasteiger partial charge is 0.174 e. The van der Waals surface area contributed by atoms with Gasteiger partial charge in [-0.05, 0) is 36.8 Å². The predicted molar refractivity (Wildman–Crippen MR) is 106 cm³/mol. The summed E-state index contributed by atoms with van der Waals surface area (Å²) in [4.78, 5) is 14.6. The summed E-state index contributed by atoms with van der Waals surface area (Å²) in [7, 11) is 0. The molecule has 0 radical (unpaired) electrons. The number of nitrogens with one attached hydrogen (secondary N) is 1. The molecule has 1 aliphatic heterocycles. The Bertz CT molecular complexity index is 751. The third-order valence-corrected chi connectivity index (χ3v) is 6.28. The van der Waals surface area contributed by atoms with Gasteiger partial charge in [-0.15, -0.1) is 0 Å². The van der Waals surface area contributed by atoms with Gasteiger partial charge in [-0.3, -0.25) is 4.79 Å². The molecule has 2 aromatic rings. The van der Waals surface area contributed by atoms with Crippen molar-refractivity contribution in [3.63, 3.8) is 0 Å². The molecule has 2 aromatic carbocycles. The van der Waals surface area contributed by atoms with Crippen LogP contribution >= 0.6 is 31.9 Å². The number of carbonyl (C=O) groups excluding carboxylic acids is 1. The van der Waals surface area contributed by atoms with Gasteiger partial charge in [0.05, 0.1) is 19.6 Å². The van der Waals surface area contributed by atoms with Crippen molar-refractivity contribution >= 4 is 37.6 Å².